The van der Waals surface area contributed by atoms with Crippen LogP contribution < -0.4 is 5.73 Å². The van der Waals surface area contributed by atoms with Crippen molar-refractivity contribution in [3.05, 3.63) is 0 Å². The molecule has 1 fully saturated rings. The molecule has 1 aliphatic heterocycles. The average Bonchev–Trinajstić information content (AvgIpc) is 2.04. The Morgan fingerprint density at radius 2 is 2.17 bits per heavy atom. The number of carbonyl (C=O) groups is 1. The molecule has 0 aromatic rings. The average molecular weight is 171 g/mol. The van der Waals surface area contributed by atoms with Crippen molar-refractivity contribution in [3.8, 4) is 0 Å². The standard InChI is InChI=1S/C9H17NO2/c1-6(2)9(11)8-4-3-7(10)5-12-8/h6-8H,3-5,10H2,1-2H3/t7-,8?/m1/s1. The molecule has 1 aliphatic rings. The molecule has 3 heteroatoms. The van der Waals surface area contributed by atoms with E-state index in [1.807, 2.05) is 13.8 Å². The third kappa shape index (κ3) is 2.29. The van der Waals surface area contributed by atoms with Gasteiger partial charge >= 0.3 is 0 Å². The highest BCUT2D eigenvalue weighted by atomic mass is 16.5. The molecule has 70 valence electrons. The predicted octanol–water partition coefficient (Wildman–Crippen LogP) is 0.718. The number of rotatable bonds is 2. The third-order valence-corrected chi connectivity index (χ3v) is 2.20. The van der Waals surface area contributed by atoms with Crippen LogP contribution in [0.5, 0.6) is 0 Å². The van der Waals surface area contributed by atoms with Gasteiger partial charge in [-0.3, -0.25) is 4.79 Å². The molecule has 0 bridgehead atoms. The van der Waals surface area contributed by atoms with Gasteiger partial charge in [-0.1, -0.05) is 13.8 Å². The van der Waals surface area contributed by atoms with Gasteiger partial charge in [0.25, 0.3) is 0 Å². The number of ketones is 1. The molecule has 0 spiro atoms. The Morgan fingerprint density at radius 1 is 1.50 bits per heavy atom. The second-order valence-corrected chi connectivity index (χ2v) is 3.72. The zero-order valence-electron chi connectivity index (χ0n) is 7.75. The van der Waals surface area contributed by atoms with Gasteiger partial charge in [-0.25, -0.2) is 0 Å². The zero-order valence-corrected chi connectivity index (χ0v) is 7.75. The van der Waals surface area contributed by atoms with Gasteiger partial charge in [0.1, 0.15) is 6.10 Å². The molecule has 0 aliphatic carbocycles. The monoisotopic (exact) mass is 171 g/mol. The van der Waals surface area contributed by atoms with Gasteiger partial charge in [0.2, 0.25) is 0 Å². The maximum atomic E-state index is 11.4. The van der Waals surface area contributed by atoms with Crippen LogP contribution in [0.4, 0.5) is 0 Å². The summed E-state index contributed by atoms with van der Waals surface area (Å²) < 4.78 is 5.34. The van der Waals surface area contributed by atoms with Crippen molar-refractivity contribution >= 4 is 5.78 Å². The molecule has 0 aromatic carbocycles. The van der Waals surface area contributed by atoms with Gasteiger partial charge in [-0.2, -0.15) is 0 Å². The summed E-state index contributed by atoms with van der Waals surface area (Å²) >= 11 is 0. The highest BCUT2D eigenvalue weighted by Crippen LogP contribution is 2.15. The Hall–Kier alpha value is -0.410. The molecule has 2 atom stereocenters. The van der Waals surface area contributed by atoms with E-state index < -0.39 is 0 Å². The summed E-state index contributed by atoms with van der Waals surface area (Å²) in [5, 5.41) is 0. The fourth-order valence-corrected chi connectivity index (χ4v) is 1.37. The van der Waals surface area contributed by atoms with Gasteiger partial charge < -0.3 is 10.5 Å². The molecule has 3 nitrogen and oxygen atoms in total. The second kappa shape index (κ2) is 4.01. The van der Waals surface area contributed by atoms with E-state index in [9.17, 15) is 4.79 Å². The Labute approximate surface area is 73.3 Å². The van der Waals surface area contributed by atoms with Crippen LogP contribution in [0.2, 0.25) is 0 Å². The molecule has 1 heterocycles. The predicted molar refractivity (Wildman–Crippen MR) is 46.8 cm³/mol. The van der Waals surface area contributed by atoms with Crippen molar-refractivity contribution in [1.29, 1.82) is 0 Å². The maximum absolute atomic E-state index is 11.4. The van der Waals surface area contributed by atoms with E-state index in [2.05, 4.69) is 0 Å². The summed E-state index contributed by atoms with van der Waals surface area (Å²) in [5.41, 5.74) is 5.64. The molecule has 0 radical (unpaired) electrons. The molecular formula is C9H17NO2. The molecule has 1 rings (SSSR count). The molecule has 0 aromatic heterocycles. The lowest BCUT2D eigenvalue weighted by Crippen LogP contribution is -2.40. The normalized spacial score (nSPS) is 30.7. The van der Waals surface area contributed by atoms with Crippen molar-refractivity contribution in [3.63, 3.8) is 0 Å². The molecule has 2 N–H and O–H groups in total. The Bertz CT molecular complexity index is 160. The van der Waals surface area contributed by atoms with Gasteiger partial charge in [0.15, 0.2) is 5.78 Å². The van der Waals surface area contributed by atoms with Crippen LogP contribution in [0.15, 0.2) is 0 Å². The SMILES string of the molecule is CC(C)C(=O)C1CC[C@@H](N)CO1. The summed E-state index contributed by atoms with van der Waals surface area (Å²) in [6, 6.07) is 0.126. The van der Waals surface area contributed by atoms with Crippen LogP contribution in [0, 0.1) is 5.92 Å². The Balaban J connectivity index is 2.39. The summed E-state index contributed by atoms with van der Waals surface area (Å²) in [4.78, 5) is 11.4. The van der Waals surface area contributed by atoms with Crippen LogP contribution in [0.3, 0.4) is 0 Å². The first kappa shape index (κ1) is 9.68. The summed E-state index contributed by atoms with van der Waals surface area (Å²) in [7, 11) is 0. The van der Waals surface area contributed by atoms with Crippen LogP contribution in [-0.4, -0.2) is 24.5 Å². The molecule has 1 unspecified atom stereocenters. The lowest BCUT2D eigenvalue weighted by molar-refractivity contribution is -0.136. The fourth-order valence-electron chi connectivity index (χ4n) is 1.37. The summed E-state index contributed by atoms with van der Waals surface area (Å²) in [6.45, 7) is 4.34. The zero-order chi connectivity index (χ0) is 9.14. The lowest BCUT2D eigenvalue weighted by Gasteiger charge is -2.26. The van der Waals surface area contributed by atoms with Crippen molar-refractivity contribution in [1.82, 2.24) is 0 Å². The van der Waals surface area contributed by atoms with Crippen molar-refractivity contribution in [2.45, 2.75) is 38.8 Å². The van der Waals surface area contributed by atoms with E-state index in [1.165, 1.54) is 0 Å². The Morgan fingerprint density at radius 3 is 2.58 bits per heavy atom. The number of hydrogen-bond donors (Lipinski definition) is 1. The summed E-state index contributed by atoms with van der Waals surface area (Å²) in [6.07, 6.45) is 1.51. The molecular weight excluding hydrogens is 154 g/mol. The Kier molecular flexibility index (Phi) is 3.23. The van der Waals surface area contributed by atoms with Crippen molar-refractivity contribution in [2.24, 2.45) is 11.7 Å². The minimum Gasteiger partial charge on any atom is -0.369 e. The smallest absolute Gasteiger partial charge is 0.164 e. The van der Waals surface area contributed by atoms with Gasteiger partial charge in [-0.15, -0.1) is 0 Å². The molecule has 12 heavy (non-hydrogen) atoms. The van der Waals surface area contributed by atoms with E-state index >= 15 is 0 Å². The maximum Gasteiger partial charge on any atom is 0.164 e. The van der Waals surface area contributed by atoms with Gasteiger partial charge in [0.05, 0.1) is 6.61 Å². The largest absolute Gasteiger partial charge is 0.369 e. The van der Waals surface area contributed by atoms with Gasteiger partial charge in [-0.05, 0) is 12.8 Å². The van der Waals surface area contributed by atoms with Crippen molar-refractivity contribution in [2.75, 3.05) is 6.61 Å². The quantitative estimate of drug-likeness (QED) is 0.666. The first-order valence-corrected chi connectivity index (χ1v) is 4.52. The first-order chi connectivity index (χ1) is 5.61. The van der Waals surface area contributed by atoms with Crippen LogP contribution >= 0.6 is 0 Å². The van der Waals surface area contributed by atoms with Gasteiger partial charge in [0, 0.05) is 12.0 Å². The molecule has 0 amide bonds. The summed E-state index contributed by atoms with van der Waals surface area (Å²) in [5.74, 6) is 0.284. The highest BCUT2D eigenvalue weighted by molar-refractivity contribution is 5.84. The third-order valence-electron chi connectivity index (χ3n) is 2.20. The van der Waals surface area contributed by atoms with Crippen LogP contribution in [0.1, 0.15) is 26.7 Å². The van der Waals surface area contributed by atoms with E-state index in [0.29, 0.717) is 6.61 Å². The van der Waals surface area contributed by atoms with Crippen LogP contribution in [-0.2, 0) is 9.53 Å². The number of Topliss-reactive ketones (excluding diaryl/α,β-unsaturated/α-hetero) is 1. The highest BCUT2D eigenvalue weighted by Gasteiger charge is 2.26. The van der Waals surface area contributed by atoms with Crippen LogP contribution in [0.25, 0.3) is 0 Å². The fraction of sp³-hybridized carbons (Fsp3) is 0.889. The number of carbonyl (C=O) groups excluding carboxylic acids is 1. The first-order valence-electron chi connectivity index (χ1n) is 4.52. The molecule has 1 saturated heterocycles. The van der Waals surface area contributed by atoms with E-state index in [4.69, 9.17) is 10.5 Å². The lowest BCUT2D eigenvalue weighted by atomic mass is 9.96. The topological polar surface area (TPSA) is 52.3 Å². The van der Waals surface area contributed by atoms with Crippen molar-refractivity contribution < 1.29 is 9.53 Å². The number of hydrogen-bond acceptors (Lipinski definition) is 3. The number of nitrogens with two attached hydrogens (primary N) is 1. The minimum atomic E-state index is -0.190. The number of ether oxygens (including phenoxy) is 1. The second-order valence-electron chi connectivity index (χ2n) is 3.72. The van der Waals surface area contributed by atoms with E-state index in [-0.39, 0.29) is 23.8 Å². The molecule has 0 saturated carbocycles. The minimum absolute atomic E-state index is 0.0734. The van der Waals surface area contributed by atoms with E-state index in [0.717, 1.165) is 12.8 Å². The van der Waals surface area contributed by atoms with E-state index in [1.54, 1.807) is 0 Å².